The van der Waals surface area contributed by atoms with Gasteiger partial charge in [-0.25, -0.2) is 0 Å². The summed E-state index contributed by atoms with van der Waals surface area (Å²) in [7, 11) is 1.62. The zero-order valence-electron chi connectivity index (χ0n) is 16.2. The van der Waals surface area contributed by atoms with Crippen molar-refractivity contribution in [3.05, 3.63) is 65.7 Å². The van der Waals surface area contributed by atoms with Crippen LogP contribution in [0.1, 0.15) is 41.6 Å². The Morgan fingerprint density at radius 3 is 2.18 bits per heavy atom. The van der Waals surface area contributed by atoms with Gasteiger partial charge in [-0.3, -0.25) is 9.59 Å². The number of hydrogen-bond donors (Lipinski definition) is 1. The molecule has 0 saturated carbocycles. The molecule has 0 unspecified atom stereocenters. The molecule has 1 N–H and O–H groups in total. The van der Waals surface area contributed by atoms with E-state index in [9.17, 15) is 9.59 Å². The largest absolute Gasteiger partial charge is 0.497 e. The molecular weight excluding hydrogens is 352 g/mol. The van der Waals surface area contributed by atoms with Gasteiger partial charge >= 0.3 is 0 Å². The van der Waals surface area contributed by atoms with Gasteiger partial charge in [-0.2, -0.15) is 0 Å². The molecule has 2 amide bonds. The highest BCUT2D eigenvalue weighted by molar-refractivity contribution is 6.02. The smallest absolute Gasteiger partial charge is 0.253 e. The minimum Gasteiger partial charge on any atom is -0.497 e. The van der Waals surface area contributed by atoms with Gasteiger partial charge in [0.05, 0.1) is 7.11 Å². The Hall–Kier alpha value is -3.08. The summed E-state index contributed by atoms with van der Waals surface area (Å²) in [6.45, 7) is 1.65. The Kier molecular flexibility index (Phi) is 6.84. The second kappa shape index (κ2) is 9.74. The van der Waals surface area contributed by atoms with Crippen molar-refractivity contribution in [3.8, 4) is 5.75 Å². The van der Waals surface area contributed by atoms with E-state index in [0.717, 1.165) is 37.2 Å². The molecule has 1 saturated heterocycles. The molecule has 0 bridgehead atoms. The molecule has 2 aromatic carbocycles. The van der Waals surface area contributed by atoms with Crippen LogP contribution in [0.5, 0.6) is 5.75 Å². The Morgan fingerprint density at radius 2 is 1.57 bits per heavy atom. The van der Waals surface area contributed by atoms with Crippen LogP contribution < -0.4 is 10.1 Å². The van der Waals surface area contributed by atoms with Crippen molar-refractivity contribution in [2.75, 3.05) is 25.5 Å². The number of nitrogens with one attached hydrogen (secondary N) is 1. The van der Waals surface area contributed by atoms with Crippen LogP contribution in [0.4, 0.5) is 5.69 Å². The lowest BCUT2D eigenvalue weighted by atomic mass is 10.1. The number of methoxy groups -OCH3 is 1. The van der Waals surface area contributed by atoms with Crippen LogP contribution in [-0.4, -0.2) is 36.9 Å². The zero-order chi connectivity index (χ0) is 19.8. The Bertz CT molecular complexity index is 818. The van der Waals surface area contributed by atoms with Gasteiger partial charge in [-0.05, 0) is 60.9 Å². The molecule has 0 radical (unpaired) electrons. The maximum absolute atomic E-state index is 12.6. The van der Waals surface area contributed by atoms with Crippen LogP contribution in [0.2, 0.25) is 0 Å². The van der Waals surface area contributed by atoms with Gasteiger partial charge in [0.2, 0.25) is 5.91 Å². The molecule has 0 spiro atoms. The highest BCUT2D eigenvalue weighted by Gasteiger charge is 2.17. The number of carbonyl (C=O) groups excluding carboxylic acids is 2. The van der Waals surface area contributed by atoms with E-state index in [-0.39, 0.29) is 11.8 Å². The van der Waals surface area contributed by atoms with Crippen molar-refractivity contribution in [2.24, 2.45) is 0 Å². The zero-order valence-corrected chi connectivity index (χ0v) is 16.2. The lowest BCUT2D eigenvalue weighted by Gasteiger charge is -2.20. The van der Waals surface area contributed by atoms with Crippen molar-refractivity contribution in [3.63, 3.8) is 0 Å². The summed E-state index contributed by atoms with van der Waals surface area (Å²) in [6.07, 6.45) is 7.75. The summed E-state index contributed by atoms with van der Waals surface area (Å²) >= 11 is 0. The predicted molar refractivity (Wildman–Crippen MR) is 111 cm³/mol. The fraction of sp³-hybridized carbons (Fsp3) is 0.304. The van der Waals surface area contributed by atoms with Crippen LogP contribution >= 0.6 is 0 Å². The SMILES string of the molecule is COc1ccc(/C=C/C(=O)Nc2ccc(C(=O)N3CCCCCC3)cc2)cc1. The van der Waals surface area contributed by atoms with E-state index >= 15 is 0 Å². The van der Waals surface area contributed by atoms with Gasteiger partial charge in [0.15, 0.2) is 0 Å². The number of nitrogens with zero attached hydrogens (tertiary/aromatic N) is 1. The topological polar surface area (TPSA) is 58.6 Å². The molecule has 146 valence electrons. The molecule has 1 aliphatic heterocycles. The molecular formula is C23H26N2O3. The molecule has 3 rings (SSSR count). The summed E-state index contributed by atoms with van der Waals surface area (Å²) in [6, 6.07) is 14.5. The third-order valence-corrected chi connectivity index (χ3v) is 4.84. The summed E-state index contributed by atoms with van der Waals surface area (Å²) in [5.41, 5.74) is 2.24. The normalized spacial score (nSPS) is 14.5. The number of likely N-dealkylation sites (tertiary alicyclic amines) is 1. The number of ether oxygens (including phenoxy) is 1. The van der Waals surface area contributed by atoms with Crippen LogP contribution in [0.15, 0.2) is 54.6 Å². The first-order valence-electron chi connectivity index (χ1n) is 9.68. The molecule has 0 atom stereocenters. The monoisotopic (exact) mass is 378 g/mol. The van der Waals surface area contributed by atoms with Crippen molar-refractivity contribution in [1.29, 1.82) is 0 Å². The lowest BCUT2D eigenvalue weighted by molar-refractivity contribution is -0.111. The minimum absolute atomic E-state index is 0.0687. The van der Waals surface area contributed by atoms with Crippen molar-refractivity contribution in [1.82, 2.24) is 4.90 Å². The number of anilines is 1. The average Bonchev–Trinajstić information content (AvgIpc) is 3.02. The fourth-order valence-corrected chi connectivity index (χ4v) is 3.22. The molecule has 0 aromatic heterocycles. The van der Waals surface area contributed by atoms with E-state index in [4.69, 9.17) is 4.74 Å². The summed E-state index contributed by atoms with van der Waals surface area (Å²) in [4.78, 5) is 26.7. The van der Waals surface area contributed by atoms with Crippen LogP contribution in [0, 0.1) is 0 Å². The second-order valence-corrected chi connectivity index (χ2v) is 6.88. The third kappa shape index (κ3) is 5.46. The molecule has 0 aliphatic carbocycles. The van der Waals surface area contributed by atoms with Crippen molar-refractivity contribution >= 4 is 23.6 Å². The van der Waals surface area contributed by atoms with Gasteiger partial charge in [0.25, 0.3) is 5.91 Å². The number of carbonyl (C=O) groups is 2. The van der Waals surface area contributed by atoms with Crippen molar-refractivity contribution in [2.45, 2.75) is 25.7 Å². The van der Waals surface area contributed by atoms with E-state index in [1.54, 1.807) is 37.5 Å². The Morgan fingerprint density at radius 1 is 0.929 bits per heavy atom. The first-order valence-corrected chi connectivity index (χ1v) is 9.68. The highest BCUT2D eigenvalue weighted by Crippen LogP contribution is 2.16. The summed E-state index contributed by atoms with van der Waals surface area (Å²) in [5, 5.41) is 2.82. The maximum Gasteiger partial charge on any atom is 0.253 e. The number of amides is 2. The molecule has 28 heavy (non-hydrogen) atoms. The first-order chi connectivity index (χ1) is 13.7. The lowest BCUT2D eigenvalue weighted by Crippen LogP contribution is -2.31. The molecule has 1 aliphatic rings. The summed E-state index contributed by atoms with van der Waals surface area (Å²) < 4.78 is 5.11. The Balaban J connectivity index is 1.56. The van der Waals surface area contributed by atoms with E-state index in [2.05, 4.69) is 5.32 Å². The van der Waals surface area contributed by atoms with Crippen molar-refractivity contribution < 1.29 is 14.3 Å². The third-order valence-electron chi connectivity index (χ3n) is 4.84. The highest BCUT2D eigenvalue weighted by atomic mass is 16.5. The number of benzene rings is 2. The second-order valence-electron chi connectivity index (χ2n) is 6.88. The van der Waals surface area contributed by atoms with Gasteiger partial charge in [0, 0.05) is 30.4 Å². The standard InChI is InChI=1S/C23H26N2O3/c1-28-21-13-6-18(7-14-21)8-15-22(26)24-20-11-9-19(10-12-20)23(27)25-16-4-2-3-5-17-25/h6-15H,2-5,16-17H2,1H3,(H,24,26)/b15-8+. The predicted octanol–water partition coefficient (Wildman–Crippen LogP) is 4.36. The van der Waals surface area contributed by atoms with Gasteiger partial charge < -0.3 is 15.0 Å². The van der Waals surface area contributed by atoms with E-state index < -0.39 is 0 Å². The number of hydrogen-bond acceptors (Lipinski definition) is 3. The molecule has 5 nitrogen and oxygen atoms in total. The molecule has 2 aromatic rings. The Labute approximate surface area is 166 Å². The van der Waals surface area contributed by atoms with Gasteiger partial charge in [-0.15, -0.1) is 0 Å². The average molecular weight is 378 g/mol. The van der Waals surface area contributed by atoms with Crippen LogP contribution in [0.25, 0.3) is 6.08 Å². The minimum atomic E-state index is -0.220. The van der Waals surface area contributed by atoms with E-state index in [1.807, 2.05) is 29.2 Å². The van der Waals surface area contributed by atoms with Gasteiger partial charge in [0.1, 0.15) is 5.75 Å². The van der Waals surface area contributed by atoms with Gasteiger partial charge in [-0.1, -0.05) is 25.0 Å². The quantitative estimate of drug-likeness (QED) is 0.787. The fourth-order valence-electron chi connectivity index (χ4n) is 3.22. The van der Waals surface area contributed by atoms with E-state index in [0.29, 0.717) is 11.3 Å². The van der Waals surface area contributed by atoms with Crippen LogP contribution in [0.3, 0.4) is 0 Å². The molecule has 1 heterocycles. The van der Waals surface area contributed by atoms with E-state index in [1.165, 1.54) is 18.9 Å². The molecule has 5 heteroatoms. The molecule has 1 fully saturated rings. The first kappa shape index (κ1) is 19.7. The number of rotatable bonds is 5. The maximum atomic E-state index is 12.6. The van der Waals surface area contributed by atoms with Crippen LogP contribution in [-0.2, 0) is 4.79 Å². The summed E-state index contributed by atoms with van der Waals surface area (Å²) in [5.74, 6) is 0.623.